The van der Waals surface area contributed by atoms with Crippen molar-refractivity contribution in [3.05, 3.63) is 33.8 Å². The maximum absolute atomic E-state index is 9.80. The third-order valence-electron chi connectivity index (χ3n) is 4.63. The molecule has 114 valence electrons. The van der Waals surface area contributed by atoms with Gasteiger partial charge in [0.25, 0.3) is 0 Å². The topological polar surface area (TPSA) is 32.3 Å². The van der Waals surface area contributed by atoms with Crippen LogP contribution < -0.4 is 5.32 Å². The fourth-order valence-corrected chi connectivity index (χ4v) is 4.64. The number of thiophene rings is 2. The van der Waals surface area contributed by atoms with Crippen LogP contribution in [-0.4, -0.2) is 17.3 Å². The third kappa shape index (κ3) is 3.57. The lowest BCUT2D eigenvalue weighted by Gasteiger charge is -2.39. The van der Waals surface area contributed by atoms with Crippen LogP contribution in [0.4, 0.5) is 0 Å². The lowest BCUT2D eigenvalue weighted by atomic mass is 9.77. The predicted molar refractivity (Wildman–Crippen MR) is 91.9 cm³/mol. The minimum absolute atomic E-state index is 0.0560. The Morgan fingerprint density at radius 1 is 1.33 bits per heavy atom. The number of aliphatic hydroxyl groups excluding tert-OH is 1. The first kappa shape index (κ1) is 15.2. The van der Waals surface area contributed by atoms with Crippen molar-refractivity contribution in [3.8, 4) is 10.4 Å². The van der Waals surface area contributed by atoms with Crippen LogP contribution in [0.3, 0.4) is 0 Å². The van der Waals surface area contributed by atoms with Gasteiger partial charge in [-0.05, 0) is 54.5 Å². The molecule has 0 unspecified atom stereocenters. The fourth-order valence-electron chi connectivity index (χ4n) is 3.03. The number of nitrogens with one attached hydrogen (secondary N) is 1. The van der Waals surface area contributed by atoms with Gasteiger partial charge in [-0.15, -0.1) is 22.7 Å². The van der Waals surface area contributed by atoms with Gasteiger partial charge in [0.05, 0.1) is 6.61 Å². The second-order valence-electron chi connectivity index (χ2n) is 6.25. The normalized spacial score (nSPS) is 26.1. The lowest BCUT2D eigenvalue weighted by Crippen LogP contribution is -2.50. The first-order chi connectivity index (χ1) is 10.2. The Kier molecular flexibility index (Phi) is 4.79. The van der Waals surface area contributed by atoms with Gasteiger partial charge in [-0.3, -0.25) is 0 Å². The zero-order valence-corrected chi connectivity index (χ0v) is 14.1. The first-order valence-corrected chi connectivity index (χ1v) is 9.44. The highest BCUT2D eigenvalue weighted by Gasteiger charge is 2.33. The molecule has 0 saturated heterocycles. The quantitative estimate of drug-likeness (QED) is 0.849. The van der Waals surface area contributed by atoms with Gasteiger partial charge in [0.1, 0.15) is 0 Å². The molecule has 3 rings (SSSR count). The standard InChI is InChI=1S/C17H23NOS2/c1-13-4-6-17(12-19,7-5-13)18-10-15-9-14(11-21-15)16-3-2-8-20-16/h2-3,8-9,11,13,18-19H,4-7,10,12H2,1H3. The molecule has 1 aliphatic carbocycles. The SMILES string of the molecule is CC1CCC(CO)(NCc2cc(-c3cccs3)cs2)CC1. The summed E-state index contributed by atoms with van der Waals surface area (Å²) in [5, 5.41) is 17.8. The van der Waals surface area contributed by atoms with Gasteiger partial charge in [0, 0.05) is 27.4 Å². The molecular weight excluding hydrogens is 298 g/mol. The van der Waals surface area contributed by atoms with Crippen molar-refractivity contribution in [2.75, 3.05) is 6.61 Å². The Morgan fingerprint density at radius 3 is 2.81 bits per heavy atom. The van der Waals surface area contributed by atoms with E-state index >= 15 is 0 Å². The average Bonchev–Trinajstić information content (AvgIpc) is 3.18. The van der Waals surface area contributed by atoms with Gasteiger partial charge in [0.15, 0.2) is 0 Å². The average molecular weight is 322 g/mol. The van der Waals surface area contributed by atoms with Crippen LogP contribution in [0.5, 0.6) is 0 Å². The van der Waals surface area contributed by atoms with Crippen molar-refractivity contribution >= 4 is 22.7 Å². The maximum atomic E-state index is 9.80. The largest absolute Gasteiger partial charge is 0.394 e. The second-order valence-corrected chi connectivity index (χ2v) is 8.20. The molecule has 2 nitrogen and oxygen atoms in total. The van der Waals surface area contributed by atoms with E-state index in [-0.39, 0.29) is 12.1 Å². The van der Waals surface area contributed by atoms with Crippen molar-refractivity contribution in [1.29, 1.82) is 0 Å². The Balaban J connectivity index is 1.62. The second kappa shape index (κ2) is 6.61. The van der Waals surface area contributed by atoms with Crippen LogP contribution in [0.2, 0.25) is 0 Å². The molecule has 0 spiro atoms. The molecule has 1 saturated carbocycles. The molecule has 0 atom stereocenters. The molecule has 1 aliphatic rings. The van der Waals surface area contributed by atoms with Gasteiger partial charge in [-0.2, -0.15) is 0 Å². The van der Waals surface area contributed by atoms with Crippen molar-refractivity contribution in [2.24, 2.45) is 5.92 Å². The molecular formula is C17H23NOS2. The summed E-state index contributed by atoms with van der Waals surface area (Å²) in [4.78, 5) is 2.69. The summed E-state index contributed by atoms with van der Waals surface area (Å²) in [6.45, 7) is 3.43. The highest BCUT2D eigenvalue weighted by Crippen LogP contribution is 2.33. The van der Waals surface area contributed by atoms with Crippen LogP contribution in [0, 0.1) is 5.92 Å². The molecule has 0 amide bonds. The van der Waals surface area contributed by atoms with Gasteiger partial charge in [0.2, 0.25) is 0 Å². The summed E-state index contributed by atoms with van der Waals surface area (Å²) in [6, 6.07) is 6.54. The van der Waals surface area contributed by atoms with Crippen molar-refractivity contribution in [1.82, 2.24) is 5.32 Å². The summed E-state index contributed by atoms with van der Waals surface area (Å²) in [5.74, 6) is 0.804. The van der Waals surface area contributed by atoms with E-state index < -0.39 is 0 Å². The van der Waals surface area contributed by atoms with Crippen molar-refractivity contribution in [2.45, 2.75) is 44.7 Å². The van der Waals surface area contributed by atoms with Crippen molar-refractivity contribution < 1.29 is 5.11 Å². The number of hydrogen-bond donors (Lipinski definition) is 2. The Labute approximate surface area is 134 Å². The molecule has 1 fully saturated rings. The summed E-state index contributed by atoms with van der Waals surface area (Å²) >= 11 is 3.59. The fraction of sp³-hybridized carbons (Fsp3) is 0.529. The molecule has 21 heavy (non-hydrogen) atoms. The molecule has 2 aromatic heterocycles. The molecule has 0 radical (unpaired) electrons. The maximum Gasteiger partial charge on any atom is 0.0613 e. The first-order valence-electron chi connectivity index (χ1n) is 7.68. The van der Waals surface area contributed by atoms with Crippen molar-refractivity contribution in [3.63, 3.8) is 0 Å². The van der Waals surface area contributed by atoms with Crippen LogP contribution in [0.25, 0.3) is 10.4 Å². The van der Waals surface area contributed by atoms with Crippen LogP contribution in [0.1, 0.15) is 37.5 Å². The summed E-state index contributed by atoms with van der Waals surface area (Å²) in [6.07, 6.45) is 4.62. The van der Waals surface area contributed by atoms with E-state index in [9.17, 15) is 5.11 Å². The minimum Gasteiger partial charge on any atom is -0.394 e. The lowest BCUT2D eigenvalue weighted by molar-refractivity contribution is 0.104. The Bertz CT molecular complexity index is 553. The molecule has 2 heterocycles. The smallest absolute Gasteiger partial charge is 0.0613 e. The van der Waals surface area contributed by atoms with E-state index in [0.29, 0.717) is 0 Å². The number of aliphatic hydroxyl groups is 1. The third-order valence-corrected chi connectivity index (χ3v) is 6.49. The summed E-state index contributed by atoms with van der Waals surface area (Å²) in [7, 11) is 0. The van der Waals surface area contributed by atoms with Gasteiger partial charge in [-0.25, -0.2) is 0 Å². The Morgan fingerprint density at radius 2 is 2.14 bits per heavy atom. The van der Waals surface area contributed by atoms with Crippen LogP contribution in [-0.2, 0) is 6.54 Å². The highest BCUT2D eigenvalue weighted by atomic mass is 32.1. The van der Waals surface area contributed by atoms with Gasteiger partial charge < -0.3 is 10.4 Å². The van der Waals surface area contributed by atoms with E-state index in [1.54, 1.807) is 11.3 Å². The van der Waals surface area contributed by atoms with E-state index in [0.717, 1.165) is 25.3 Å². The van der Waals surface area contributed by atoms with Crippen LogP contribution >= 0.6 is 22.7 Å². The molecule has 2 N–H and O–H groups in total. The predicted octanol–water partition coefficient (Wildman–Crippen LogP) is 4.51. The van der Waals surface area contributed by atoms with E-state index in [2.05, 4.69) is 41.2 Å². The summed E-state index contributed by atoms with van der Waals surface area (Å²) < 4.78 is 0. The zero-order valence-electron chi connectivity index (χ0n) is 12.5. The summed E-state index contributed by atoms with van der Waals surface area (Å²) in [5.41, 5.74) is 1.27. The molecule has 0 aromatic carbocycles. The van der Waals surface area contributed by atoms with Crippen LogP contribution in [0.15, 0.2) is 29.0 Å². The molecule has 2 aromatic rings. The number of hydrogen-bond acceptors (Lipinski definition) is 4. The molecule has 0 aliphatic heterocycles. The Hall–Kier alpha value is -0.680. The zero-order chi connectivity index (χ0) is 14.7. The van der Waals surface area contributed by atoms with E-state index in [1.165, 1.54) is 28.2 Å². The molecule has 0 bridgehead atoms. The van der Waals surface area contributed by atoms with Gasteiger partial charge >= 0.3 is 0 Å². The van der Waals surface area contributed by atoms with E-state index in [1.807, 2.05) is 11.3 Å². The molecule has 4 heteroatoms. The number of rotatable bonds is 5. The van der Waals surface area contributed by atoms with E-state index in [4.69, 9.17) is 0 Å². The highest BCUT2D eigenvalue weighted by molar-refractivity contribution is 7.14. The minimum atomic E-state index is -0.0560. The van der Waals surface area contributed by atoms with Gasteiger partial charge in [-0.1, -0.05) is 13.0 Å². The monoisotopic (exact) mass is 321 g/mol.